The van der Waals surface area contributed by atoms with Crippen LogP contribution in [-0.4, -0.2) is 59.4 Å². The smallest absolute Gasteiger partial charge is 0.356 e. The van der Waals surface area contributed by atoms with Gasteiger partial charge in [-0.05, 0) is 113 Å². The van der Waals surface area contributed by atoms with Gasteiger partial charge in [0.25, 0.3) is 5.91 Å². The Morgan fingerprint density at radius 2 is 1.38 bits per heavy atom. The Hall–Kier alpha value is -5.33. The molecule has 7 rings (SSSR count). The second-order valence-corrected chi connectivity index (χ2v) is 14.9. The van der Waals surface area contributed by atoms with Crippen molar-refractivity contribution >= 4 is 46.1 Å². The van der Waals surface area contributed by atoms with Gasteiger partial charge in [-0.3, -0.25) is 14.8 Å². The molecule has 2 saturated carbocycles. The number of carbonyl (C=O) groups excluding carboxylic acids is 1. The number of carbonyl (C=O) groups is 2. The van der Waals surface area contributed by atoms with E-state index in [9.17, 15) is 19.8 Å². The first-order valence-corrected chi connectivity index (χ1v) is 19.0. The molecule has 2 heterocycles. The lowest BCUT2D eigenvalue weighted by Gasteiger charge is -2.33. The van der Waals surface area contributed by atoms with E-state index in [0.29, 0.717) is 58.0 Å². The summed E-state index contributed by atoms with van der Waals surface area (Å²) in [6.07, 6.45) is 7.37. The predicted octanol–water partition coefficient (Wildman–Crippen LogP) is 7.23. The summed E-state index contributed by atoms with van der Waals surface area (Å²) in [5, 5.41) is 31.1. The summed E-state index contributed by atoms with van der Waals surface area (Å²) in [5.74, 6) is 10.5. The number of aromatic carboxylic acids is 1. The lowest BCUT2D eigenvalue weighted by molar-refractivity contribution is 0.0512. The molecule has 12 heteroatoms. The second-order valence-electron chi connectivity index (χ2n) is 14.0. The van der Waals surface area contributed by atoms with Gasteiger partial charge in [-0.1, -0.05) is 71.1 Å². The number of amides is 1. The van der Waals surface area contributed by atoms with Crippen molar-refractivity contribution < 1.29 is 24.9 Å². The number of hydrogen-bond acceptors (Lipinski definition) is 8. The van der Waals surface area contributed by atoms with Crippen molar-refractivity contribution in [1.82, 2.24) is 15.0 Å². The molecule has 0 unspecified atom stereocenters. The zero-order valence-corrected chi connectivity index (χ0v) is 32.4. The maximum absolute atomic E-state index is 11.4. The van der Waals surface area contributed by atoms with Gasteiger partial charge < -0.3 is 26.8 Å². The highest BCUT2D eigenvalue weighted by Gasteiger charge is 2.34. The number of para-hydroxylation sites is 2. The third kappa shape index (κ3) is 12.1. The van der Waals surface area contributed by atoms with Gasteiger partial charge in [0.05, 0.1) is 28.5 Å². The maximum atomic E-state index is 11.4. The number of nitrogens with zero attached hydrogens (tertiary/aromatic N) is 3. The lowest BCUT2D eigenvalue weighted by atomic mass is 9.76. The summed E-state index contributed by atoms with van der Waals surface area (Å²) >= 11 is 11.9. The van der Waals surface area contributed by atoms with Gasteiger partial charge in [0.2, 0.25) is 0 Å². The molecule has 0 saturated heterocycles. The first kappa shape index (κ1) is 41.8. The van der Waals surface area contributed by atoms with Crippen LogP contribution in [0.2, 0.25) is 10.0 Å². The highest BCUT2D eigenvalue weighted by molar-refractivity contribution is 6.31. The van der Waals surface area contributed by atoms with E-state index in [1.165, 1.54) is 6.20 Å². The molecule has 5 aromatic rings. The molecule has 10 nitrogen and oxygen atoms in total. The normalized spacial score (nSPS) is 21.3. The summed E-state index contributed by atoms with van der Waals surface area (Å²) in [7, 11) is 0. The van der Waals surface area contributed by atoms with Gasteiger partial charge in [0, 0.05) is 45.2 Å². The zero-order chi connectivity index (χ0) is 40.3. The minimum absolute atomic E-state index is 0.0290. The number of nitrogens with two attached hydrogens (primary N) is 2. The number of primary amides is 1. The minimum Gasteiger partial charge on any atom is -0.476 e. The largest absolute Gasteiger partial charge is 0.476 e. The average molecular weight is 793 g/mol. The second kappa shape index (κ2) is 19.0. The van der Waals surface area contributed by atoms with E-state index >= 15 is 0 Å². The number of rotatable bonds is 3. The number of aromatic nitrogens is 3. The molecule has 2 aliphatic rings. The number of benzene rings is 3. The Balaban J connectivity index is 0.000000172. The van der Waals surface area contributed by atoms with Crippen LogP contribution in [0.1, 0.15) is 101 Å². The molecule has 2 aliphatic carbocycles. The van der Waals surface area contributed by atoms with Gasteiger partial charge >= 0.3 is 5.97 Å². The van der Waals surface area contributed by atoms with E-state index < -0.39 is 23.1 Å². The molecule has 56 heavy (non-hydrogen) atoms. The monoisotopic (exact) mass is 791 g/mol. The first-order chi connectivity index (χ1) is 26.7. The lowest BCUT2D eigenvalue weighted by Crippen LogP contribution is -2.40. The van der Waals surface area contributed by atoms with Crippen molar-refractivity contribution in [3.05, 3.63) is 135 Å². The third-order valence-electron chi connectivity index (χ3n) is 9.48. The fourth-order valence-electron chi connectivity index (χ4n) is 6.66. The third-order valence-corrected chi connectivity index (χ3v) is 9.95. The van der Waals surface area contributed by atoms with Crippen LogP contribution in [0.4, 0.5) is 0 Å². The molecule has 1 amide bonds. The molecule has 0 aliphatic heterocycles. The van der Waals surface area contributed by atoms with Gasteiger partial charge in [-0.2, -0.15) is 0 Å². The highest BCUT2D eigenvalue weighted by atomic mass is 35.5. The standard InChI is InChI=1S/C21H21ClN2O2.C14H16ClNO.C9H6N2O2/c1-14-18(20(23)25)7-8-19(24-14)16-5-3-10-21(26,13-16)11-9-15-4-2-6-17(22)12-15;15-12-4-1-3-11(9-12)6-8-14(17)7-2-5-13(16)10-14;12-9(13)8-5-10-6-3-1-2-4-7(6)11-8/h2,4,6-8,12,16,26H,3,5,10,13H2,1H3,(H2,23,25);1,3-4,9,13,17H,2,5,7,10,16H2;1-5H,(H,12,13)/t16-,21+;13-,14+;/m00./s1. The van der Waals surface area contributed by atoms with Crippen molar-refractivity contribution in [2.24, 2.45) is 11.5 Å². The van der Waals surface area contributed by atoms with Crippen LogP contribution in [0, 0.1) is 30.6 Å². The molecule has 2 aromatic heterocycles. The summed E-state index contributed by atoms with van der Waals surface area (Å²) in [6.45, 7) is 1.78. The highest BCUT2D eigenvalue weighted by Crippen LogP contribution is 2.38. The Bertz CT molecular complexity index is 2330. The Morgan fingerprint density at radius 3 is 1.93 bits per heavy atom. The van der Waals surface area contributed by atoms with E-state index in [2.05, 4.69) is 38.6 Å². The van der Waals surface area contributed by atoms with Crippen molar-refractivity contribution in [2.75, 3.05) is 0 Å². The van der Waals surface area contributed by atoms with Crippen LogP contribution >= 0.6 is 23.2 Å². The maximum Gasteiger partial charge on any atom is 0.356 e. The van der Waals surface area contributed by atoms with Crippen molar-refractivity contribution in [1.29, 1.82) is 0 Å². The number of hydrogen-bond donors (Lipinski definition) is 5. The molecule has 288 valence electrons. The number of halogens is 2. The summed E-state index contributed by atoms with van der Waals surface area (Å²) in [6, 6.07) is 25.4. The van der Waals surface area contributed by atoms with E-state index in [1.54, 1.807) is 55.5 Å². The summed E-state index contributed by atoms with van der Waals surface area (Å²) in [5.41, 5.74) is 14.0. The molecular formula is C44H43Cl2N5O5. The zero-order valence-electron chi connectivity index (χ0n) is 30.9. The number of aliphatic hydroxyl groups is 2. The fraction of sp³-hybridized carbons (Fsp3) is 0.295. The number of carboxylic acids is 1. The summed E-state index contributed by atoms with van der Waals surface area (Å²) in [4.78, 5) is 34.3. The van der Waals surface area contributed by atoms with E-state index in [4.69, 9.17) is 39.8 Å². The predicted molar refractivity (Wildman–Crippen MR) is 218 cm³/mol. The van der Waals surface area contributed by atoms with Gasteiger partial charge in [0.15, 0.2) is 5.69 Å². The first-order valence-electron chi connectivity index (χ1n) is 18.2. The van der Waals surface area contributed by atoms with Crippen molar-refractivity contribution in [3.63, 3.8) is 0 Å². The molecule has 0 radical (unpaired) electrons. The molecule has 3 aromatic carbocycles. The average Bonchev–Trinajstić information content (AvgIpc) is 3.16. The minimum atomic E-state index is -1.06. The molecular weight excluding hydrogens is 749 g/mol. The van der Waals surface area contributed by atoms with Crippen LogP contribution in [0.15, 0.2) is 91.1 Å². The van der Waals surface area contributed by atoms with E-state index in [-0.39, 0.29) is 17.7 Å². The van der Waals surface area contributed by atoms with Crippen molar-refractivity contribution in [2.45, 2.75) is 81.5 Å². The molecule has 4 atom stereocenters. The van der Waals surface area contributed by atoms with Crippen LogP contribution < -0.4 is 11.5 Å². The number of aryl methyl sites for hydroxylation is 1. The SMILES string of the molecule is Cc1nc([C@H]2CCC[C@@](O)(C#Cc3cccc(Cl)c3)C2)ccc1C(N)=O.N[C@H]1CCC[C@@](O)(C#Cc2cccc(Cl)c2)C1.O=C(O)c1cnc2ccccc2n1. The van der Waals surface area contributed by atoms with Crippen molar-refractivity contribution in [3.8, 4) is 23.7 Å². The Morgan fingerprint density at radius 1 is 0.786 bits per heavy atom. The molecule has 7 N–H and O–H groups in total. The Kier molecular flexibility index (Phi) is 14.2. The van der Waals surface area contributed by atoms with Crippen LogP contribution in [0.25, 0.3) is 11.0 Å². The molecule has 2 fully saturated rings. The number of carboxylic acid groups (broad SMARTS) is 1. The Labute approximate surface area is 336 Å². The number of fused-ring (bicyclic) bond motifs is 1. The van der Waals surface area contributed by atoms with Crippen LogP contribution in [0.3, 0.4) is 0 Å². The summed E-state index contributed by atoms with van der Waals surface area (Å²) < 4.78 is 0. The van der Waals surface area contributed by atoms with E-state index in [1.807, 2.05) is 36.4 Å². The molecule has 0 spiro atoms. The van der Waals surface area contributed by atoms with E-state index in [0.717, 1.165) is 42.5 Å². The topological polar surface area (TPSA) is 186 Å². The van der Waals surface area contributed by atoms with Gasteiger partial charge in [0.1, 0.15) is 11.2 Å². The van der Waals surface area contributed by atoms with Gasteiger partial charge in [-0.15, -0.1) is 0 Å². The van der Waals surface area contributed by atoms with Crippen LogP contribution in [0.5, 0.6) is 0 Å². The van der Waals surface area contributed by atoms with Crippen LogP contribution in [-0.2, 0) is 0 Å². The quantitative estimate of drug-likeness (QED) is 0.118. The van der Waals surface area contributed by atoms with Gasteiger partial charge in [-0.25, -0.2) is 9.78 Å². The number of pyridine rings is 1. The fourth-order valence-corrected chi connectivity index (χ4v) is 7.05. The molecule has 0 bridgehead atoms.